The Morgan fingerprint density at radius 1 is 1.24 bits per heavy atom. The smallest absolute Gasteiger partial charge is 0.270 e. The number of nitrogens with zero attached hydrogens (tertiary/aromatic N) is 5. The highest BCUT2D eigenvalue weighted by atomic mass is 16.2. The fraction of sp³-hybridized carbons (Fsp3) is 0.500. The zero-order valence-corrected chi connectivity index (χ0v) is 14.0. The van der Waals surface area contributed by atoms with Crippen molar-refractivity contribution in [3.8, 4) is 12.0 Å². The number of nitriles is 1. The molecule has 7 nitrogen and oxygen atoms in total. The Kier molecular flexibility index (Phi) is 4.18. The van der Waals surface area contributed by atoms with Gasteiger partial charge in [0.05, 0.1) is 6.07 Å². The highest BCUT2D eigenvalue weighted by Gasteiger charge is 2.27. The van der Waals surface area contributed by atoms with Crippen LogP contribution in [0.15, 0.2) is 18.7 Å². The molecule has 1 saturated carbocycles. The first-order chi connectivity index (χ1) is 12.2. The largest absolute Gasteiger partial charge is 0.348 e. The second kappa shape index (κ2) is 6.63. The van der Waals surface area contributed by atoms with E-state index >= 15 is 0 Å². The van der Waals surface area contributed by atoms with E-state index in [1.54, 1.807) is 23.3 Å². The molecule has 2 aliphatic carbocycles. The molecule has 1 fully saturated rings. The fourth-order valence-corrected chi connectivity index (χ4v) is 3.72. The number of carbonyl (C=O) groups excluding carboxylic acids is 1. The molecule has 1 amide bonds. The molecule has 0 aromatic carbocycles. The van der Waals surface area contributed by atoms with Gasteiger partial charge < -0.3 is 5.32 Å². The minimum Gasteiger partial charge on any atom is -0.348 e. The summed E-state index contributed by atoms with van der Waals surface area (Å²) in [5, 5.41) is 12.1. The molecule has 0 spiro atoms. The maximum Gasteiger partial charge on any atom is 0.270 e. The first kappa shape index (κ1) is 15.8. The summed E-state index contributed by atoms with van der Waals surface area (Å²) in [6.45, 7) is 0. The van der Waals surface area contributed by atoms with Gasteiger partial charge >= 0.3 is 0 Å². The van der Waals surface area contributed by atoms with Crippen LogP contribution in [-0.2, 0) is 12.8 Å². The number of hydrogen-bond donors (Lipinski definition) is 1. The maximum atomic E-state index is 12.9. The average molecular weight is 336 g/mol. The molecule has 2 aromatic rings. The first-order valence-electron chi connectivity index (χ1n) is 8.83. The fourth-order valence-electron chi connectivity index (χ4n) is 3.72. The van der Waals surface area contributed by atoms with Gasteiger partial charge in [-0.05, 0) is 44.9 Å². The lowest BCUT2D eigenvalue weighted by molar-refractivity contribution is 0.0918. The van der Waals surface area contributed by atoms with Crippen LogP contribution in [-0.4, -0.2) is 31.5 Å². The van der Waals surface area contributed by atoms with Crippen molar-refractivity contribution in [3.05, 3.63) is 35.7 Å². The molecule has 0 saturated heterocycles. The van der Waals surface area contributed by atoms with Crippen LogP contribution in [0.4, 0.5) is 0 Å². The van der Waals surface area contributed by atoms with Crippen LogP contribution in [0.1, 0.15) is 53.8 Å². The Balaban J connectivity index is 1.57. The lowest BCUT2D eigenvalue weighted by Crippen LogP contribution is -2.38. The molecule has 4 rings (SSSR count). The predicted molar refractivity (Wildman–Crippen MR) is 90.0 cm³/mol. The Morgan fingerprint density at radius 3 is 2.80 bits per heavy atom. The topological polar surface area (TPSA) is 96.5 Å². The summed E-state index contributed by atoms with van der Waals surface area (Å²) in [5.41, 5.74) is 2.44. The predicted octanol–water partition coefficient (Wildman–Crippen LogP) is 1.96. The van der Waals surface area contributed by atoms with Gasteiger partial charge in [0.25, 0.3) is 5.91 Å². The Bertz CT molecular complexity index is 815. The Morgan fingerprint density at radius 2 is 2.08 bits per heavy atom. The molecule has 0 atom stereocenters. The molecule has 2 heterocycles. The second-order valence-corrected chi connectivity index (χ2v) is 6.77. The number of rotatable bonds is 3. The van der Waals surface area contributed by atoms with Gasteiger partial charge in [-0.15, -0.1) is 0 Å². The lowest BCUT2D eigenvalue weighted by atomic mass is 9.87. The molecule has 7 heteroatoms. The van der Waals surface area contributed by atoms with Crippen molar-refractivity contribution < 1.29 is 4.79 Å². The minimum absolute atomic E-state index is 0.123. The van der Waals surface area contributed by atoms with Crippen LogP contribution >= 0.6 is 0 Å². The zero-order chi connectivity index (χ0) is 17.2. The number of amides is 1. The summed E-state index contributed by atoms with van der Waals surface area (Å²) < 4.78 is 1.73. The van der Waals surface area contributed by atoms with Crippen LogP contribution in [0, 0.1) is 17.2 Å². The normalized spacial score (nSPS) is 22.2. The Labute approximate surface area is 146 Å². The van der Waals surface area contributed by atoms with Crippen LogP contribution in [0.25, 0.3) is 5.95 Å². The van der Waals surface area contributed by atoms with Gasteiger partial charge in [0, 0.05) is 35.6 Å². The van der Waals surface area contributed by atoms with E-state index in [0.29, 0.717) is 11.6 Å². The molecular formula is C18H20N6O. The van der Waals surface area contributed by atoms with Crippen LogP contribution in [0.2, 0.25) is 0 Å². The van der Waals surface area contributed by atoms with E-state index in [4.69, 9.17) is 5.26 Å². The summed E-state index contributed by atoms with van der Waals surface area (Å²) in [5.74, 6) is 0.503. The summed E-state index contributed by atoms with van der Waals surface area (Å²) in [7, 11) is 0. The van der Waals surface area contributed by atoms with E-state index in [9.17, 15) is 4.79 Å². The number of imidazole rings is 1. The number of fused-ring (bicyclic) bond motifs is 1. The zero-order valence-electron chi connectivity index (χ0n) is 14.0. The molecule has 0 unspecified atom stereocenters. The number of nitrogens with one attached hydrogen (secondary N) is 1. The van der Waals surface area contributed by atoms with Crippen LogP contribution < -0.4 is 5.32 Å². The third-order valence-corrected chi connectivity index (χ3v) is 5.12. The third-order valence-electron chi connectivity index (χ3n) is 5.12. The third kappa shape index (κ3) is 3.12. The lowest BCUT2D eigenvalue weighted by Gasteiger charge is -2.25. The molecule has 128 valence electrons. The van der Waals surface area contributed by atoms with Crippen molar-refractivity contribution in [1.29, 1.82) is 5.26 Å². The van der Waals surface area contributed by atoms with Crippen molar-refractivity contribution in [2.45, 2.75) is 51.0 Å². The van der Waals surface area contributed by atoms with Gasteiger partial charge in [0.15, 0.2) is 0 Å². The Hall–Kier alpha value is -2.75. The molecule has 25 heavy (non-hydrogen) atoms. The van der Waals surface area contributed by atoms with E-state index in [1.165, 1.54) is 0 Å². The van der Waals surface area contributed by atoms with E-state index in [1.807, 2.05) is 0 Å². The van der Waals surface area contributed by atoms with Crippen molar-refractivity contribution in [1.82, 2.24) is 24.8 Å². The van der Waals surface area contributed by atoms with Crippen molar-refractivity contribution >= 4 is 5.91 Å². The van der Waals surface area contributed by atoms with E-state index in [-0.39, 0.29) is 17.9 Å². The summed E-state index contributed by atoms with van der Waals surface area (Å²) in [6, 6.07) is 2.45. The van der Waals surface area contributed by atoms with E-state index < -0.39 is 0 Å². The SMILES string of the molecule is N#C[C@H]1CC[C@H](NC(=O)c2nc(-n3ccnc3)nc3c2CCC3)CC1. The van der Waals surface area contributed by atoms with Gasteiger partial charge in [-0.1, -0.05) is 0 Å². The van der Waals surface area contributed by atoms with Gasteiger partial charge in [-0.3, -0.25) is 9.36 Å². The molecule has 0 aliphatic heterocycles. The summed E-state index contributed by atoms with van der Waals surface area (Å²) in [4.78, 5) is 26.0. The summed E-state index contributed by atoms with van der Waals surface area (Å²) >= 11 is 0. The minimum atomic E-state index is -0.123. The van der Waals surface area contributed by atoms with Gasteiger partial charge in [-0.25, -0.2) is 15.0 Å². The molecule has 0 bridgehead atoms. The highest BCUT2D eigenvalue weighted by Crippen LogP contribution is 2.26. The maximum absolute atomic E-state index is 12.9. The van der Waals surface area contributed by atoms with E-state index in [0.717, 1.165) is 56.2 Å². The second-order valence-electron chi connectivity index (χ2n) is 6.77. The van der Waals surface area contributed by atoms with Crippen molar-refractivity contribution in [2.24, 2.45) is 5.92 Å². The molecular weight excluding hydrogens is 316 g/mol. The number of hydrogen-bond acceptors (Lipinski definition) is 5. The standard InChI is InChI=1S/C18H20N6O/c19-10-12-4-6-13(7-5-12)21-17(25)16-14-2-1-3-15(14)22-18(23-16)24-9-8-20-11-24/h8-9,11-13H,1-7H2,(H,21,25)/t12-,13-. The average Bonchev–Trinajstić information content (AvgIpc) is 3.32. The van der Waals surface area contributed by atoms with Gasteiger partial charge in [0.2, 0.25) is 5.95 Å². The number of carbonyl (C=O) groups is 1. The quantitative estimate of drug-likeness (QED) is 0.924. The van der Waals surface area contributed by atoms with Crippen molar-refractivity contribution in [3.63, 3.8) is 0 Å². The van der Waals surface area contributed by atoms with Gasteiger partial charge in [0.1, 0.15) is 12.0 Å². The number of aryl methyl sites for hydroxylation is 1. The monoisotopic (exact) mass is 336 g/mol. The van der Waals surface area contributed by atoms with Crippen LogP contribution in [0.3, 0.4) is 0 Å². The number of aromatic nitrogens is 4. The van der Waals surface area contributed by atoms with Crippen LogP contribution in [0.5, 0.6) is 0 Å². The summed E-state index contributed by atoms with van der Waals surface area (Å²) in [6.07, 6.45) is 11.2. The van der Waals surface area contributed by atoms with Gasteiger partial charge in [-0.2, -0.15) is 5.26 Å². The van der Waals surface area contributed by atoms with Crippen molar-refractivity contribution in [2.75, 3.05) is 0 Å². The highest BCUT2D eigenvalue weighted by molar-refractivity contribution is 5.94. The molecule has 2 aliphatic rings. The molecule has 2 aromatic heterocycles. The molecule has 0 radical (unpaired) electrons. The van der Waals surface area contributed by atoms with E-state index in [2.05, 4.69) is 26.3 Å². The molecule has 1 N–H and O–H groups in total. The first-order valence-corrected chi connectivity index (χ1v) is 8.83.